The van der Waals surface area contributed by atoms with Gasteiger partial charge in [-0.2, -0.15) is 0 Å². The van der Waals surface area contributed by atoms with E-state index in [2.05, 4.69) is 32.7 Å². The highest BCUT2D eigenvalue weighted by Gasteiger charge is 2.49. The van der Waals surface area contributed by atoms with Crippen LogP contribution in [0.2, 0.25) is 0 Å². The van der Waals surface area contributed by atoms with E-state index in [1.807, 2.05) is 64.1 Å². The summed E-state index contributed by atoms with van der Waals surface area (Å²) in [5.74, 6) is -2.81. The predicted molar refractivity (Wildman–Crippen MR) is 196 cm³/mol. The Hall–Kier alpha value is -4.83. The maximum absolute atomic E-state index is 14.0. The highest BCUT2D eigenvalue weighted by atomic mass is 16.5. The van der Waals surface area contributed by atoms with Gasteiger partial charge >= 0.3 is 11.9 Å². The van der Waals surface area contributed by atoms with Crippen LogP contribution < -0.4 is 5.32 Å². The number of fused-ring (bicyclic) bond motifs is 5. The van der Waals surface area contributed by atoms with E-state index in [1.54, 1.807) is 0 Å². The van der Waals surface area contributed by atoms with Crippen LogP contribution in [0.1, 0.15) is 54.4 Å². The Morgan fingerprint density at radius 2 is 1.76 bits per heavy atom. The smallest absolute Gasteiger partial charge is 0.321 e. The number of nitrogens with zero attached hydrogens (tertiary/aromatic N) is 4. The maximum atomic E-state index is 14.0. The number of carbonyl (C=O) groups is 2. The molecule has 1 fully saturated rings. The molecule has 10 nitrogen and oxygen atoms in total. The number of hydrogen-bond donors (Lipinski definition) is 2. The van der Waals surface area contributed by atoms with E-state index >= 15 is 0 Å². The molecule has 0 saturated carbocycles. The molecule has 262 valence electrons. The van der Waals surface area contributed by atoms with Crippen molar-refractivity contribution in [2.24, 2.45) is 38.6 Å². The SMILES string of the molecule is C=CC1=C(C)C2=NC1=CC1=NC(=CC3=C(C)C4=C(O)[C@H](C(=O)OCCN(C)C)C(=C5NC(=C2)[C@@H](C)[C@@H]5CC(C)C(=O)OC)C4=N3)C(CC)=C1C. The molecule has 1 aliphatic carbocycles. The van der Waals surface area contributed by atoms with Crippen molar-refractivity contribution >= 4 is 29.1 Å². The van der Waals surface area contributed by atoms with E-state index < -0.39 is 17.8 Å². The summed E-state index contributed by atoms with van der Waals surface area (Å²) in [5.41, 5.74) is 12.0. The minimum atomic E-state index is -1.09. The molecule has 50 heavy (non-hydrogen) atoms. The quantitative estimate of drug-likeness (QED) is 0.272. The lowest BCUT2D eigenvalue weighted by molar-refractivity contribution is -0.147. The van der Waals surface area contributed by atoms with Gasteiger partial charge in [0, 0.05) is 46.5 Å². The van der Waals surface area contributed by atoms with E-state index in [0.717, 1.165) is 68.5 Å². The van der Waals surface area contributed by atoms with E-state index in [0.29, 0.717) is 35.5 Å². The van der Waals surface area contributed by atoms with Gasteiger partial charge in [0.15, 0.2) is 0 Å². The summed E-state index contributed by atoms with van der Waals surface area (Å²) in [6.07, 6.45) is 9.08. The summed E-state index contributed by atoms with van der Waals surface area (Å²) in [7, 11) is 5.20. The van der Waals surface area contributed by atoms with Gasteiger partial charge in [-0.3, -0.25) is 9.59 Å². The minimum Gasteiger partial charge on any atom is -0.510 e. The summed E-state index contributed by atoms with van der Waals surface area (Å²) in [5, 5.41) is 15.6. The van der Waals surface area contributed by atoms with Crippen LogP contribution in [0.4, 0.5) is 0 Å². The summed E-state index contributed by atoms with van der Waals surface area (Å²) in [4.78, 5) is 43.9. The fourth-order valence-corrected chi connectivity index (χ4v) is 7.67. The molecule has 2 N–H and O–H groups in total. The van der Waals surface area contributed by atoms with Crippen LogP contribution in [0.3, 0.4) is 0 Å². The normalized spacial score (nSPS) is 24.7. The van der Waals surface area contributed by atoms with Crippen molar-refractivity contribution < 1.29 is 24.2 Å². The Labute approximate surface area is 294 Å². The number of carbonyl (C=O) groups excluding carboxylic acids is 2. The first-order valence-corrected chi connectivity index (χ1v) is 17.3. The number of nitrogens with one attached hydrogen (secondary N) is 1. The third-order valence-corrected chi connectivity index (χ3v) is 10.7. The number of allylic oxidation sites excluding steroid dienone is 11. The number of rotatable bonds is 9. The lowest BCUT2D eigenvalue weighted by Gasteiger charge is -2.23. The lowest BCUT2D eigenvalue weighted by Crippen LogP contribution is -2.28. The first-order chi connectivity index (χ1) is 23.8. The van der Waals surface area contributed by atoms with Crippen LogP contribution in [0.15, 0.2) is 119 Å². The second-order valence-electron chi connectivity index (χ2n) is 14.0. The van der Waals surface area contributed by atoms with Crippen molar-refractivity contribution in [3.8, 4) is 0 Å². The number of aliphatic hydroxyl groups is 1. The average molecular weight is 678 g/mol. The largest absolute Gasteiger partial charge is 0.510 e. The summed E-state index contributed by atoms with van der Waals surface area (Å²) < 4.78 is 10.9. The molecule has 1 unspecified atom stereocenters. The minimum absolute atomic E-state index is 0.0834. The first-order valence-electron chi connectivity index (χ1n) is 17.3. The van der Waals surface area contributed by atoms with Crippen molar-refractivity contribution in [3.05, 3.63) is 104 Å². The standard InChI is InChI=1S/C40H47N5O5/c1-11-24-20(4)27-16-29-22(6)26(15-19(3)39(47)49-10)36(43-29)34-35(40(48)50-14-13-45(8)9)38(46)33-23(7)30(44-37(33)34)18-32-25(12-2)21(5)28(42-32)17-31(24)41-27/h11,16-19,22,26,35,43,46H,1,12-15H2,2-10H3/t19?,22-,26-,35+/m0/s1. The van der Waals surface area contributed by atoms with Crippen molar-refractivity contribution in [2.45, 2.75) is 54.4 Å². The van der Waals surface area contributed by atoms with Gasteiger partial charge in [-0.25, -0.2) is 15.0 Å². The molecule has 0 aromatic rings. The average Bonchev–Trinajstić information content (AvgIpc) is 3.81. The molecule has 10 heteroatoms. The Balaban J connectivity index is 1.63. The lowest BCUT2D eigenvalue weighted by atomic mass is 9.82. The van der Waals surface area contributed by atoms with Crippen LogP contribution in [-0.2, 0) is 19.1 Å². The van der Waals surface area contributed by atoms with Gasteiger partial charge in [0.05, 0.1) is 47.3 Å². The van der Waals surface area contributed by atoms with E-state index in [-0.39, 0.29) is 30.2 Å². The van der Waals surface area contributed by atoms with E-state index in [1.165, 1.54) is 7.11 Å². The first kappa shape index (κ1) is 35.0. The second-order valence-corrected chi connectivity index (χ2v) is 14.0. The monoisotopic (exact) mass is 677 g/mol. The van der Waals surface area contributed by atoms with Crippen LogP contribution in [0.25, 0.3) is 0 Å². The maximum Gasteiger partial charge on any atom is 0.321 e. The van der Waals surface area contributed by atoms with Gasteiger partial charge in [0.1, 0.15) is 18.3 Å². The predicted octanol–water partition coefficient (Wildman–Crippen LogP) is 6.37. The Kier molecular flexibility index (Phi) is 9.43. The molecule has 5 aliphatic heterocycles. The zero-order chi connectivity index (χ0) is 36.2. The molecule has 8 bridgehead atoms. The van der Waals surface area contributed by atoms with Crippen LogP contribution >= 0.6 is 0 Å². The summed E-state index contributed by atoms with van der Waals surface area (Å²) in [6, 6.07) is 0. The number of hydrogen-bond acceptors (Lipinski definition) is 10. The number of methoxy groups -OCH3 is 1. The van der Waals surface area contributed by atoms with Crippen molar-refractivity contribution in [1.82, 2.24) is 10.2 Å². The van der Waals surface area contributed by atoms with Gasteiger partial charge in [-0.1, -0.05) is 33.4 Å². The third kappa shape index (κ3) is 5.79. The topological polar surface area (TPSA) is 125 Å². The number of ether oxygens (including phenoxy) is 2. The number of esters is 2. The molecule has 6 rings (SSSR count). The van der Waals surface area contributed by atoms with Crippen LogP contribution in [-0.4, -0.2) is 73.4 Å². The number of aliphatic imine (C=N–C) groups is 3. The van der Waals surface area contributed by atoms with Gasteiger partial charge in [0.25, 0.3) is 0 Å². The van der Waals surface area contributed by atoms with Crippen molar-refractivity contribution in [2.75, 3.05) is 34.4 Å². The highest BCUT2D eigenvalue weighted by molar-refractivity contribution is 6.24. The Bertz CT molecular complexity index is 1950. The molecule has 0 amide bonds. The molecule has 0 radical (unpaired) electrons. The molecule has 5 heterocycles. The molecule has 6 aliphatic rings. The number of aliphatic hydroxyl groups excluding tert-OH is 1. The van der Waals surface area contributed by atoms with Gasteiger partial charge in [-0.15, -0.1) is 0 Å². The molecular weight excluding hydrogens is 630 g/mol. The molecule has 0 aromatic carbocycles. The van der Waals surface area contributed by atoms with Crippen molar-refractivity contribution in [1.29, 1.82) is 0 Å². The molecular formula is C40H47N5O5. The highest BCUT2D eigenvalue weighted by Crippen LogP contribution is 2.49. The van der Waals surface area contributed by atoms with Gasteiger partial charge in [-0.05, 0) is 88.2 Å². The van der Waals surface area contributed by atoms with Gasteiger partial charge < -0.3 is 24.8 Å². The Morgan fingerprint density at radius 1 is 1.06 bits per heavy atom. The fraction of sp³-hybridized carbons (Fsp3) is 0.425. The number of likely N-dealkylation sites (N-methyl/N-ethyl adjacent to an activating group) is 1. The zero-order valence-corrected chi connectivity index (χ0v) is 30.5. The summed E-state index contributed by atoms with van der Waals surface area (Å²) in [6.45, 7) is 16.9. The second kappa shape index (κ2) is 13.5. The van der Waals surface area contributed by atoms with Crippen LogP contribution in [0, 0.1) is 23.7 Å². The van der Waals surface area contributed by atoms with E-state index in [4.69, 9.17) is 24.5 Å². The van der Waals surface area contributed by atoms with E-state index in [9.17, 15) is 14.7 Å². The summed E-state index contributed by atoms with van der Waals surface area (Å²) >= 11 is 0. The van der Waals surface area contributed by atoms with Gasteiger partial charge in [0.2, 0.25) is 0 Å². The fourth-order valence-electron chi connectivity index (χ4n) is 7.67. The molecule has 4 atom stereocenters. The molecule has 1 saturated heterocycles. The van der Waals surface area contributed by atoms with Crippen molar-refractivity contribution in [3.63, 3.8) is 0 Å². The Morgan fingerprint density at radius 3 is 2.42 bits per heavy atom. The molecule has 0 aromatic heterocycles. The molecule has 0 spiro atoms. The zero-order valence-electron chi connectivity index (χ0n) is 30.5. The third-order valence-electron chi connectivity index (χ3n) is 10.7. The van der Waals surface area contributed by atoms with Crippen LogP contribution in [0.5, 0.6) is 0 Å².